The Morgan fingerprint density at radius 2 is 2.42 bits per heavy atom. The van der Waals surface area contributed by atoms with Crippen molar-refractivity contribution in [3.63, 3.8) is 0 Å². The molecule has 0 aromatic carbocycles. The summed E-state index contributed by atoms with van der Waals surface area (Å²) in [5, 5.41) is 14.6. The van der Waals surface area contributed by atoms with Crippen molar-refractivity contribution < 1.29 is 4.79 Å². The summed E-state index contributed by atoms with van der Waals surface area (Å²) in [6.07, 6.45) is 1.49. The average Bonchev–Trinajstić information content (AvgIpc) is 2.39. The van der Waals surface area contributed by atoms with Gasteiger partial charge in [-0.2, -0.15) is 10.4 Å². The summed E-state index contributed by atoms with van der Waals surface area (Å²) in [6, 6.07) is 3.17. The van der Waals surface area contributed by atoms with Crippen molar-refractivity contribution in [3.8, 4) is 6.07 Å². The average molecular weight is 264 g/mol. The van der Waals surface area contributed by atoms with Crippen LogP contribution in [-0.4, -0.2) is 42.4 Å². The first-order chi connectivity index (χ1) is 9.08. The summed E-state index contributed by atoms with van der Waals surface area (Å²) in [4.78, 5) is 24.9. The van der Waals surface area contributed by atoms with Crippen molar-refractivity contribution in [2.75, 3.05) is 31.6 Å². The van der Waals surface area contributed by atoms with Gasteiger partial charge in [-0.15, -0.1) is 0 Å². The molecule has 8 heteroatoms. The van der Waals surface area contributed by atoms with Gasteiger partial charge in [0.2, 0.25) is 5.91 Å². The third kappa shape index (κ3) is 4.40. The van der Waals surface area contributed by atoms with E-state index < -0.39 is 5.91 Å². The lowest BCUT2D eigenvalue weighted by Gasteiger charge is -2.17. The molecule has 0 aliphatic rings. The van der Waals surface area contributed by atoms with E-state index in [1.807, 2.05) is 0 Å². The monoisotopic (exact) mass is 264 g/mol. The van der Waals surface area contributed by atoms with E-state index in [2.05, 4.69) is 10.4 Å². The Kier molecular flexibility index (Phi) is 5.50. The molecule has 102 valence electrons. The van der Waals surface area contributed by atoms with E-state index in [0.717, 1.165) is 4.68 Å². The first-order valence-corrected chi connectivity index (χ1v) is 5.70. The minimum Gasteiger partial charge on any atom is -0.372 e. The van der Waals surface area contributed by atoms with E-state index in [9.17, 15) is 9.59 Å². The number of carbonyl (C=O) groups excluding carboxylic acids is 1. The summed E-state index contributed by atoms with van der Waals surface area (Å²) in [7, 11) is 1.80. The van der Waals surface area contributed by atoms with Crippen LogP contribution in [0.25, 0.3) is 0 Å². The number of likely N-dealkylation sites (N-methyl/N-ethyl adjacent to an activating group) is 1. The molecule has 1 heterocycles. The minimum absolute atomic E-state index is 0.0924. The van der Waals surface area contributed by atoms with E-state index >= 15 is 0 Å². The molecule has 0 fully saturated rings. The zero-order valence-corrected chi connectivity index (χ0v) is 10.7. The molecule has 0 atom stereocenters. The maximum Gasteiger partial charge on any atom is 0.269 e. The lowest BCUT2D eigenvalue weighted by molar-refractivity contribution is -0.121. The second-order valence-corrected chi connectivity index (χ2v) is 3.85. The van der Waals surface area contributed by atoms with Gasteiger partial charge in [-0.05, 0) is 0 Å². The number of hydrogen-bond acceptors (Lipinski definition) is 6. The lowest BCUT2D eigenvalue weighted by atomic mass is 10.4. The largest absolute Gasteiger partial charge is 0.372 e. The normalized spacial score (nSPS) is 9.74. The van der Waals surface area contributed by atoms with Gasteiger partial charge in [-0.25, -0.2) is 4.68 Å². The molecule has 3 N–H and O–H groups in total. The Morgan fingerprint density at radius 1 is 1.68 bits per heavy atom. The summed E-state index contributed by atoms with van der Waals surface area (Å²) < 4.78 is 1.03. The van der Waals surface area contributed by atoms with Crippen LogP contribution in [-0.2, 0) is 11.3 Å². The molecule has 0 saturated heterocycles. The van der Waals surface area contributed by atoms with Crippen molar-refractivity contribution >= 4 is 11.6 Å². The highest BCUT2D eigenvalue weighted by Gasteiger charge is 2.07. The van der Waals surface area contributed by atoms with E-state index in [1.165, 1.54) is 12.3 Å². The first kappa shape index (κ1) is 14.7. The molecule has 0 unspecified atom stereocenters. The zero-order valence-electron chi connectivity index (χ0n) is 10.7. The Hall–Kier alpha value is -2.40. The van der Waals surface area contributed by atoms with Crippen molar-refractivity contribution in [3.05, 3.63) is 22.6 Å². The van der Waals surface area contributed by atoms with Crippen molar-refractivity contribution in [1.29, 1.82) is 5.26 Å². The number of anilines is 1. The Balaban J connectivity index is 2.75. The van der Waals surface area contributed by atoms with Gasteiger partial charge in [0, 0.05) is 26.2 Å². The second kappa shape index (κ2) is 7.13. The fraction of sp³-hybridized carbons (Fsp3) is 0.455. The molecule has 0 bridgehead atoms. The standard InChI is InChI=1S/C11H16N6O2/c1-16(5-3-13)9-6-11(19)17(15-7-9)8-10(18)14-4-2-12/h6-7H,3-5,8,13H2,1H3,(H,14,18). The highest BCUT2D eigenvalue weighted by Crippen LogP contribution is 2.05. The van der Waals surface area contributed by atoms with E-state index in [0.29, 0.717) is 18.8 Å². The van der Waals surface area contributed by atoms with Crippen LogP contribution in [0.15, 0.2) is 17.1 Å². The fourth-order valence-electron chi connectivity index (χ4n) is 1.40. The van der Waals surface area contributed by atoms with Crippen LogP contribution in [0, 0.1) is 11.3 Å². The van der Waals surface area contributed by atoms with Crippen LogP contribution in [0.5, 0.6) is 0 Å². The van der Waals surface area contributed by atoms with Crippen LogP contribution in [0.4, 0.5) is 5.69 Å². The first-order valence-electron chi connectivity index (χ1n) is 5.70. The topological polar surface area (TPSA) is 117 Å². The van der Waals surface area contributed by atoms with Crippen LogP contribution in [0.3, 0.4) is 0 Å². The van der Waals surface area contributed by atoms with Crippen molar-refractivity contribution in [2.24, 2.45) is 5.73 Å². The third-order valence-electron chi connectivity index (χ3n) is 2.42. The van der Waals surface area contributed by atoms with E-state index in [1.54, 1.807) is 18.0 Å². The SMILES string of the molecule is CN(CCN)c1cnn(CC(=O)NCC#N)c(=O)c1. The predicted molar refractivity (Wildman–Crippen MR) is 69.4 cm³/mol. The van der Waals surface area contributed by atoms with Gasteiger partial charge < -0.3 is 16.0 Å². The van der Waals surface area contributed by atoms with E-state index in [-0.39, 0.29) is 18.6 Å². The van der Waals surface area contributed by atoms with Crippen molar-refractivity contribution in [1.82, 2.24) is 15.1 Å². The molecule has 19 heavy (non-hydrogen) atoms. The summed E-state index contributed by atoms with van der Waals surface area (Å²) in [5.41, 5.74) is 5.68. The highest BCUT2D eigenvalue weighted by molar-refractivity contribution is 5.75. The second-order valence-electron chi connectivity index (χ2n) is 3.85. The number of nitriles is 1. The highest BCUT2D eigenvalue weighted by atomic mass is 16.2. The van der Waals surface area contributed by atoms with Gasteiger partial charge in [0.05, 0.1) is 18.0 Å². The Labute approximate surface area is 110 Å². The molecule has 1 amide bonds. The smallest absolute Gasteiger partial charge is 0.269 e. The predicted octanol–water partition coefficient (Wildman–Crippen LogP) is -1.72. The van der Waals surface area contributed by atoms with Gasteiger partial charge in [0.1, 0.15) is 13.1 Å². The molecule has 1 aromatic rings. The zero-order chi connectivity index (χ0) is 14.3. The van der Waals surface area contributed by atoms with Crippen LogP contribution >= 0.6 is 0 Å². The molecule has 1 rings (SSSR count). The van der Waals surface area contributed by atoms with Gasteiger partial charge in [-0.1, -0.05) is 0 Å². The van der Waals surface area contributed by atoms with Crippen LogP contribution < -0.4 is 21.5 Å². The van der Waals surface area contributed by atoms with Gasteiger partial charge >= 0.3 is 0 Å². The molecule has 0 radical (unpaired) electrons. The summed E-state index contributed by atoms with van der Waals surface area (Å²) >= 11 is 0. The Bertz CT molecular complexity index is 533. The van der Waals surface area contributed by atoms with Gasteiger partial charge in [0.25, 0.3) is 5.56 Å². The molecule has 0 aliphatic carbocycles. The van der Waals surface area contributed by atoms with Gasteiger partial charge in [0.15, 0.2) is 0 Å². The number of hydrogen-bond donors (Lipinski definition) is 2. The molecular weight excluding hydrogens is 248 g/mol. The molecule has 8 nitrogen and oxygen atoms in total. The minimum atomic E-state index is -0.431. The fourth-order valence-corrected chi connectivity index (χ4v) is 1.40. The number of aromatic nitrogens is 2. The number of nitrogens with two attached hydrogens (primary N) is 1. The molecule has 0 spiro atoms. The lowest BCUT2D eigenvalue weighted by Crippen LogP contribution is -2.34. The van der Waals surface area contributed by atoms with Crippen molar-refractivity contribution in [2.45, 2.75) is 6.54 Å². The number of nitrogens with one attached hydrogen (secondary N) is 1. The maximum absolute atomic E-state index is 11.8. The van der Waals surface area contributed by atoms with Crippen LogP contribution in [0.2, 0.25) is 0 Å². The number of nitrogens with zero attached hydrogens (tertiary/aromatic N) is 4. The third-order valence-corrected chi connectivity index (χ3v) is 2.42. The molecule has 0 saturated carbocycles. The Morgan fingerprint density at radius 3 is 3.00 bits per heavy atom. The number of amides is 1. The molecule has 0 aliphatic heterocycles. The quantitative estimate of drug-likeness (QED) is 0.590. The number of carbonyl (C=O) groups is 1. The number of rotatable bonds is 6. The maximum atomic E-state index is 11.8. The summed E-state index contributed by atoms with van der Waals surface area (Å²) in [5.74, 6) is -0.431. The van der Waals surface area contributed by atoms with E-state index in [4.69, 9.17) is 11.0 Å². The van der Waals surface area contributed by atoms with Crippen LogP contribution in [0.1, 0.15) is 0 Å². The molecule has 1 aromatic heterocycles. The van der Waals surface area contributed by atoms with Gasteiger partial charge in [-0.3, -0.25) is 9.59 Å². The molecular formula is C11H16N6O2. The summed E-state index contributed by atoms with van der Waals surface area (Å²) in [6.45, 7) is 0.774.